The Labute approximate surface area is 134 Å². The van der Waals surface area contributed by atoms with Crippen LogP contribution in [0.3, 0.4) is 0 Å². The summed E-state index contributed by atoms with van der Waals surface area (Å²) in [7, 11) is 2.94. The highest BCUT2D eigenvalue weighted by Gasteiger charge is 2.22. The molecule has 0 unspecified atom stereocenters. The Bertz CT molecular complexity index is 737. The number of aromatic nitrogens is 2. The fraction of sp³-hybridized carbons (Fsp3) is 0.312. The minimum absolute atomic E-state index is 0.0664. The van der Waals surface area contributed by atoms with Gasteiger partial charge in [-0.25, -0.2) is 4.79 Å². The van der Waals surface area contributed by atoms with Crippen LogP contribution in [-0.2, 0) is 16.6 Å². The molecule has 1 amide bonds. The van der Waals surface area contributed by atoms with Gasteiger partial charge in [0.15, 0.2) is 12.3 Å². The van der Waals surface area contributed by atoms with Gasteiger partial charge in [-0.3, -0.25) is 9.48 Å². The maximum absolute atomic E-state index is 12.1. The van der Waals surface area contributed by atoms with Crippen LogP contribution < -0.4 is 10.1 Å². The molecule has 0 spiro atoms. The maximum atomic E-state index is 12.1. The van der Waals surface area contributed by atoms with Crippen LogP contribution >= 0.6 is 0 Å². The fourth-order valence-electron chi connectivity index (χ4n) is 2.03. The summed E-state index contributed by atoms with van der Waals surface area (Å²) in [5, 5.41) is 6.71. The summed E-state index contributed by atoms with van der Waals surface area (Å²) in [6.45, 7) is 3.48. The third kappa shape index (κ3) is 3.68. The quantitative estimate of drug-likeness (QED) is 0.851. The van der Waals surface area contributed by atoms with Gasteiger partial charge >= 0.3 is 5.97 Å². The topological polar surface area (TPSA) is 82.5 Å². The molecular formula is C16H19N3O4. The zero-order valence-electron chi connectivity index (χ0n) is 13.5. The van der Waals surface area contributed by atoms with E-state index >= 15 is 0 Å². The summed E-state index contributed by atoms with van der Waals surface area (Å²) in [6, 6.07) is 7.41. The zero-order chi connectivity index (χ0) is 17.0. The van der Waals surface area contributed by atoms with E-state index in [-0.39, 0.29) is 18.2 Å². The SMILES string of the molecule is COC(=O)c1nn(C)c(C)c1NC(=O)COc1ccccc1C. The van der Waals surface area contributed by atoms with E-state index in [0.717, 1.165) is 5.56 Å². The number of hydrogen-bond donors (Lipinski definition) is 1. The zero-order valence-corrected chi connectivity index (χ0v) is 13.5. The van der Waals surface area contributed by atoms with E-state index in [1.165, 1.54) is 11.8 Å². The van der Waals surface area contributed by atoms with Gasteiger partial charge in [0.2, 0.25) is 0 Å². The Morgan fingerprint density at radius 1 is 1.26 bits per heavy atom. The third-order valence-electron chi connectivity index (χ3n) is 3.43. The number of hydrogen-bond acceptors (Lipinski definition) is 5. The number of benzene rings is 1. The number of amides is 1. The number of nitrogens with zero attached hydrogens (tertiary/aromatic N) is 2. The second kappa shape index (κ2) is 6.95. The van der Waals surface area contributed by atoms with Crippen LogP contribution in [0.1, 0.15) is 21.7 Å². The molecule has 0 aliphatic heterocycles. The molecule has 2 rings (SSSR count). The van der Waals surface area contributed by atoms with Crippen molar-refractivity contribution in [3.63, 3.8) is 0 Å². The number of carbonyl (C=O) groups excluding carboxylic acids is 2. The summed E-state index contributed by atoms with van der Waals surface area (Å²) in [6.07, 6.45) is 0. The molecule has 1 aromatic heterocycles. The van der Waals surface area contributed by atoms with Crippen molar-refractivity contribution < 1.29 is 19.1 Å². The molecule has 0 aliphatic rings. The molecule has 0 fully saturated rings. The first kappa shape index (κ1) is 16.5. The summed E-state index contributed by atoms with van der Waals surface area (Å²) < 4.78 is 11.7. The fourth-order valence-corrected chi connectivity index (χ4v) is 2.03. The Kier molecular flexibility index (Phi) is 5.00. The van der Waals surface area contributed by atoms with Gasteiger partial charge in [-0.1, -0.05) is 18.2 Å². The molecule has 0 atom stereocenters. The predicted octanol–water partition coefficient (Wildman–Crippen LogP) is 1.84. The Hall–Kier alpha value is -2.83. The van der Waals surface area contributed by atoms with E-state index in [2.05, 4.69) is 15.2 Å². The standard InChI is InChI=1S/C16H19N3O4/c1-10-7-5-6-8-12(10)23-9-13(20)17-14-11(2)19(3)18-15(14)16(21)22-4/h5-8H,9H2,1-4H3,(H,17,20). The van der Waals surface area contributed by atoms with Gasteiger partial charge in [-0.15, -0.1) is 0 Å². The lowest BCUT2D eigenvalue weighted by Gasteiger charge is -2.09. The van der Waals surface area contributed by atoms with Crippen molar-refractivity contribution in [2.45, 2.75) is 13.8 Å². The smallest absolute Gasteiger partial charge is 0.360 e. The summed E-state index contributed by atoms with van der Waals surface area (Å²) in [5.74, 6) is -0.350. The van der Waals surface area contributed by atoms with Crippen LogP contribution in [0.15, 0.2) is 24.3 Å². The van der Waals surface area contributed by atoms with Crippen LogP contribution in [0.4, 0.5) is 5.69 Å². The minimum Gasteiger partial charge on any atom is -0.483 e. The number of para-hydroxylation sites is 1. The second-order valence-corrected chi connectivity index (χ2v) is 5.03. The lowest BCUT2D eigenvalue weighted by molar-refractivity contribution is -0.118. The van der Waals surface area contributed by atoms with E-state index in [0.29, 0.717) is 17.1 Å². The normalized spacial score (nSPS) is 10.3. The number of methoxy groups -OCH3 is 1. The lowest BCUT2D eigenvalue weighted by Crippen LogP contribution is -2.22. The second-order valence-electron chi connectivity index (χ2n) is 5.03. The van der Waals surface area contributed by atoms with Gasteiger partial charge in [0, 0.05) is 7.05 Å². The number of aryl methyl sites for hydroxylation is 2. The molecule has 0 radical (unpaired) electrons. The van der Waals surface area contributed by atoms with Crippen molar-refractivity contribution in [1.82, 2.24) is 9.78 Å². The lowest BCUT2D eigenvalue weighted by atomic mass is 10.2. The highest BCUT2D eigenvalue weighted by atomic mass is 16.5. The van der Waals surface area contributed by atoms with Gasteiger partial charge in [-0.05, 0) is 25.5 Å². The van der Waals surface area contributed by atoms with Crippen LogP contribution in [0, 0.1) is 13.8 Å². The molecule has 23 heavy (non-hydrogen) atoms. The Morgan fingerprint density at radius 3 is 2.61 bits per heavy atom. The van der Waals surface area contributed by atoms with Gasteiger partial charge in [0.1, 0.15) is 5.75 Å². The molecule has 7 nitrogen and oxygen atoms in total. The first-order chi connectivity index (χ1) is 10.9. The molecule has 7 heteroatoms. The van der Waals surface area contributed by atoms with E-state index in [1.807, 2.05) is 25.1 Å². The van der Waals surface area contributed by atoms with Crippen molar-refractivity contribution in [1.29, 1.82) is 0 Å². The van der Waals surface area contributed by atoms with Crippen molar-refractivity contribution in [2.24, 2.45) is 7.05 Å². The average Bonchev–Trinajstić information content (AvgIpc) is 2.81. The minimum atomic E-state index is -0.608. The number of rotatable bonds is 5. The van der Waals surface area contributed by atoms with Crippen molar-refractivity contribution >= 4 is 17.6 Å². The van der Waals surface area contributed by atoms with Gasteiger partial charge in [0.25, 0.3) is 5.91 Å². The van der Waals surface area contributed by atoms with Crippen LogP contribution in [-0.4, -0.2) is 35.4 Å². The molecule has 122 valence electrons. The Balaban J connectivity index is 2.09. The van der Waals surface area contributed by atoms with Crippen LogP contribution in [0.25, 0.3) is 0 Å². The predicted molar refractivity (Wildman–Crippen MR) is 84.6 cm³/mol. The molecule has 1 heterocycles. The molecule has 2 aromatic rings. The molecule has 0 saturated heterocycles. The first-order valence-corrected chi connectivity index (χ1v) is 7.04. The van der Waals surface area contributed by atoms with Gasteiger partial charge in [0.05, 0.1) is 18.5 Å². The van der Waals surface area contributed by atoms with E-state index in [4.69, 9.17) is 4.74 Å². The van der Waals surface area contributed by atoms with E-state index < -0.39 is 5.97 Å². The largest absolute Gasteiger partial charge is 0.483 e. The number of nitrogens with one attached hydrogen (secondary N) is 1. The molecule has 0 aliphatic carbocycles. The monoisotopic (exact) mass is 317 g/mol. The molecular weight excluding hydrogens is 298 g/mol. The number of anilines is 1. The number of esters is 1. The molecule has 1 N–H and O–H groups in total. The van der Waals surface area contributed by atoms with Crippen molar-refractivity contribution in [2.75, 3.05) is 19.0 Å². The van der Waals surface area contributed by atoms with Gasteiger partial charge in [-0.2, -0.15) is 5.10 Å². The number of carbonyl (C=O) groups is 2. The highest BCUT2D eigenvalue weighted by molar-refractivity contribution is 6.01. The third-order valence-corrected chi connectivity index (χ3v) is 3.43. The van der Waals surface area contributed by atoms with Gasteiger partial charge < -0.3 is 14.8 Å². The summed E-state index contributed by atoms with van der Waals surface area (Å²) >= 11 is 0. The Morgan fingerprint density at radius 2 is 1.96 bits per heavy atom. The summed E-state index contributed by atoms with van der Waals surface area (Å²) in [5.41, 5.74) is 1.98. The maximum Gasteiger partial charge on any atom is 0.360 e. The van der Waals surface area contributed by atoms with Crippen LogP contribution in [0.5, 0.6) is 5.75 Å². The number of ether oxygens (including phenoxy) is 2. The average molecular weight is 317 g/mol. The van der Waals surface area contributed by atoms with Crippen molar-refractivity contribution in [3.8, 4) is 5.75 Å². The van der Waals surface area contributed by atoms with E-state index in [9.17, 15) is 9.59 Å². The van der Waals surface area contributed by atoms with Crippen LogP contribution in [0.2, 0.25) is 0 Å². The van der Waals surface area contributed by atoms with E-state index in [1.54, 1.807) is 20.0 Å². The first-order valence-electron chi connectivity index (χ1n) is 7.04. The highest BCUT2D eigenvalue weighted by Crippen LogP contribution is 2.21. The molecule has 0 saturated carbocycles. The molecule has 0 bridgehead atoms. The van der Waals surface area contributed by atoms with Crippen molar-refractivity contribution in [3.05, 3.63) is 41.2 Å². The molecule has 1 aromatic carbocycles. The summed E-state index contributed by atoms with van der Waals surface area (Å²) in [4.78, 5) is 23.8.